The van der Waals surface area contributed by atoms with Gasteiger partial charge in [-0.15, -0.1) is 10.2 Å². The van der Waals surface area contributed by atoms with Crippen LogP contribution in [0.3, 0.4) is 0 Å². The summed E-state index contributed by atoms with van der Waals surface area (Å²) in [5.41, 5.74) is 1.62. The maximum Gasteiger partial charge on any atom is 0.321 e. The highest BCUT2D eigenvalue weighted by Crippen LogP contribution is 2.30. The lowest BCUT2D eigenvalue weighted by Crippen LogP contribution is -2.43. The molecule has 9 nitrogen and oxygen atoms in total. The summed E-state index contributed by atoms with van der Waals surface area (Å²) in [6.45, 7) is 6.13. The monoisotopic (exact) mass is 469 g/mol. The number of carbonyl (C=O) groups excluding carboxylic acids is 2. The Morgan fingerprint density at radius 3 is 2.52 bits per heavy atom. The third-order valence-electron chi connectivity index (χ3n) is 4.37. The molecule has 0 aliphatic carbocycles. The summed E-state index contributed by atoms with van der Waals surface area (Å²) in [4.78, 5) is 24.0. The van der Waals surface area contributed by atoms with Crippen molar-refractivity contribution in [2.75, 3.05) is 19.5 Å². The predicted octanol–water partition coefficient (Wildman–Crippen LogP) is 3.67. The van der Waals surface area contributed by atoms with E-state index in [1.165, 1.54) is 11.8 Å². The van der Waals surface area contributed by atoms with E-state index in [1.807, 2.05) is 73.9 Å². The predicted molar refractivity (Wildman–Crippen MR) is 127 cm³/mol. The van der Waals surface area contributed by atoms with Crippen LogP contribution in [0.25, 0.3) is 17.1 Å². The first kappa shape index (κ1) is 24.1. The van der Waals surface area contributed by atoms with Gasteiger partial charge in [-0.05, 0) is 57.2 Å². The number of hydrogen-bond acceptors (Lipinski definition) is 7. The number of rotatable bonds is 9. The standard InChI is InChI=1S/C23H27N5O4S/c1-5-32-18-11-9-17(10-12-18)28-21(16-7-6-8-19(13-16)31-4)26-27-23(28)33-14-20(29)25-22(30)24-15(2)3/h6-13,15H,5,14H2,1-4H3,(H2,24,25,29,30). The molecule has 174 valence electrons. The molecule has 3 amide bonds. The van der Waals surface area contributed by atoms with Gasteiger partial charge in [-0.2, -0.15) is 0 Å². The zero-order valence-corrected chi connectivity index (χ0v) is 19.8. The van der Waals surface area contributed by atoms with Gasteiger partial charge in [0.25, 0.3) is 0 Å². The molecule has 1 aromatic heterocycles. The summed E-state index contributed by atoms with van der Waals surface area (Å²) in [6.07, 6.45) is 0. The van der Waals surface area contributed by atoms with Gasteiger partial charge in [0.15, 0.2) is 11.0 Å². The molecule has 0 saturated heterocycles. The molecule has 0 aliphatic rings. The van der Waals surface area contributed by atoms with E-state index in [1.54, 1.807) is 7.11 Å². The number of thioether (sulfide) groups is 1. The number of nitrogens with one attached hydrogen (secondary N) is 2. The van der Waals surface area contributed by atoms with Crippen LogP contribution in [0.2, 0.25) is 0 Å². The van der Waals surface area contributed by atoms with Crippen molar-refractivity contribution in [3.8, 4) is 28.6 Å². The van der Waals surface area contributed by atoms with Gasteiger partial charge in [-0.1, -0.05) is 23.9 Å². The SMILES string of the molecule is CCOc1ccc(-n2c(SCC(=O)NC(=O)NC(C)C)nnc2-c2cccc(OC)c2)cc1. The topological polar surface area (TPSA) is 107 Å². The highest BCUT2D eigenvalue weighted by molar-refractivity contribution is 7.99. The number of ether oxygens (including phenoxy) is 2. The molecule has 3 aromatic rings. The second kappa shape index (κ2) is 11.4. The number of benzene rings is 2. The van der Waals surface area contributed by atoms with Crippen molar-refractivity contribution < 1.29 is 19.1 Å². The van der Waals surface area contributed by atoms with Gasteiger partial charge < -0.3 is 14.8 Å². The van der Waals surface area contributed by atoms with Gasteiger partial charge in [0.2, 0.25) is 5.91 Å². The molecular weight excluding hydrogens is 442 g/mol. The lowest BCUT2D eigenvalue weighted by atomic mass is 10.2. The largest absolute Gasteiger partial charge is 0.497 e. The van der Waals surface area contributed by atoms with Crippen LogP contribution < -0.4 is 20.1 Å². The smallest absolute Gasteiger partial charge is 0.321 e. The van der Waals surface area contributed by atoms with Gasteiger partial charge >= 0.3 is 6.03 Å². The van der Waals surface area contributed by atoms with Crippen molar-refractivity contribution in [3.05, 3.63) is 48.5 Å². The second-order valence-corrected chi connectivity index (χ2v) is 8.21. The molecule has 0 saturated carbocycles. The van der Waals surface area contributed by atoms with Gasteiger partial charge in [0, 0.05) is 17.3 Å². The number of urea groups is 1. The maximum atomic E-state index is 12.2. The van der Waals surface area contributed by atoms with Crippen LogP contribution in [0.5, 0.6) is 11.5 Å². The highest BCUT2D eigenvalue weighted by Gasteiger charge is 2.18. The molecule has 0 aliphatic heterocycles. The third-order valence-corrected chi connectivity index (χ3v) is 5.30. The maximum absolute atomic E-state index is 12.2. The van der Waals surface area contributed by atoms with Crippen LogP contribution in [0.15, 0.2) is 53.7 Å². The number of nitrogens with zero attached hydrogens (tertiary/aromatic N) is 3. The average Bonchev–Trinajstić information content (AvgIpc) is 3.22. The Labute approximate surface area is 196 Å². The van der Waals surface area contributed by atoms with Crippen LogP contribution in [-0.4, -0.2) is 52.2 Å². The van der Waals surface area contributed by atoms with Gasteiger partial charge in [-0.3, -0.25) is 14.7 Å². The Morgan fingerprint density at radius 1 is 1.09 bits per heavy atom. The average molecular weight is 470 g/mol. The van der Waals surface area contributed by atoms with Gasteiger partial charge in [-0.25, -0.2) is 4.79 Å². The van der Waals surface area contributed by atoms with E-state index < -0.39 is 11.9 Å². The Morgan fingerprint density at radius 2 is 1.85 bits per heavy atom. The number of carbonyl (C=O) groups is 2. The molecule has 0 bridgehead atoms. The minimum atomic E-state index is -0.527. The molecule has 0 radical (unpaired) electrons. The number of hydrogen-bond donors (Lipinski definition) is 2. The fraction of sp³-hybridized carbons (Fsp3) is 0.304. The molecule has 2 aromatic carbocycles. The molecule has 33 heavy (non-hydrogen) atoms. The van der Waals surface area contributed by atoms with Crippen LogP contribution in [0.4, 0.5) is 4.79 Å². The van der Waals surface area contributed by atoms with Crippen molar-refractivity contribution in [1.29, 1.82) is 0 Å². The number of imide groups is 1. The van der Waals surface area contributed by atoms with Crippen molar-refractivity contribution in [1.82, 2.24) is 25.4 Å². The van der Waals surface area contributed by atoms with E-state index >= 15 is 0 Å². The Balaban J connectivity index is 1.89. The Hall–Kier alpha value is -3.53. The van der Waals surface area contributed by atoms with Crippen molar-refractivity contribution in [2.24, 2.45) is 0 Å². The van der Waals surface area contributed by atoms with Gasteiger partial charge in [0.1, 0.15) is 11.5 Å². The first-order valence-corrected chi connectivity index (χ1v) is 11.5. The normalized spacial score (nSPS) is 10.7. The van der Waals surface area contributed by atoms with E-state index in [4.69, 9.17) is 9.47 Å². The van der Waals surface area contributed by atoms with E-state index in [2.05, 4.69) is 20.8 Å². The summed E-state index contributed by atoms with van der Waals surface area (Å²) >= 11 is 1.19. The van der Waals surface area contributed by atoms with Crippen LogP contribution in [-0.2, 0) is 4.79 Å². The van der Waals surface area contributed by atoms with Crippen molar-refractivity contribution in [2.45, 2.75) is 32.0 Å². The quantitative estimate of drug-likeness (QED) is 0.461. The molecule has 0 unspecified atom stereocenters. The molecule has 1 heterocycles. The van der Waals surface area contributed by atoms with Gasteiger partial charge in [0.05, 0.1) is 19.5 Å². The van der Waals surface area contributed by atoms with Crippen molar-refractivity contribution >= 4 is 23.7 Å². The molecular formula is C23H27N5O4S. The zero-order valence-electron chi connectivity index (χ0n) is 19.0. The first-order chi connectivity index (χ1) is 15.9. The van der Waals surface area contributed by atoms with E-state index in [0.29, 0.717) is 23.3 Å². The molecule has 0 spiro atoms. The Bertz CT molecular complexity index is 1100. The van der Waals surface area contributed by atoms with Crippen LogP contribution >= 0.6 is 11.8 Å². The fourth-order valence-corrected chi connectivity index (χ4v) is 3.75. The summed E-state index contributed by atoms with van der Waals surface area (Å²) in [7, 11) is 1.60. The van der Waals surface area contributed by atoms with Crippen LogP contribution in [0, 0.1) is 0 Å². The van der Waals surface area contributed by atoms with E-state index in [9.17, 15) is 9.59 Å². The number of aromatic nitrogens is 3. The summed E-state index contributed by atoms with van der Waals surface area (Å²) in [6, 6.07) is 14.4. The van der Waals surface area contributed by atoms with E-state index in [-0.39, 0.29) is 11.8 Å². The van der Waals surface area contributed by atoms with E-state index in [0.717, 1.165) is 17.0 Å². The number of amides is 3. The summed E-state index contributed by atoms with van der Waals surface area (Å²) in [5.74, 6) is 1.61. The minimum absolute atomic E-state index is 0.00120. The summed E-state index contributed by atoms with van der Waals surface area (Å²) < 4.78 is 12.7. The Kier molecular flexibility index (Phi) is 8.31. The highest BCUT2D eigenvalue weighted by atomic mass is 32.2. The summed E-state index contributed by atoms with van der Waals surface area (Å²) in [5, 5.41) is 14.1. The molecule has 10 heteroatoms. The molecule has 3 rings (SSSR count). The lowest BCUT2D eigenvalue weighted by molar-refractivity contribution is -0.117. The molecule has 0 fully saturated rings. The lowest BCUT2D eigenvalue weighted by Gasteiger charge is -2.12. The minimum Gasteiger partial charge on any atom is -0.497 e. The second-order valence-electron chi connectivity index (χ2n) is 7.27. The number of methoxy groups -OCH3 is 1. The first-order valence-electron chi connectivity index (χ1n) is 10.5. The molecule has 2 N–H and O–H groups in total. The molecule has 0 atom stereocenters. The zero-order chi connectivity index (χ0) is 23.8. The third kappa shape index (κ3) is 6.48. The van der Waals surface area contributed by atoms with Crippen LogP contribution in [0.1, 0.15) is 20.8 Å². The fourth-order valence-electron chi connectivity index (χ4n) is 2.99. The van der Waals surface area contributed by atoms with Crippen molar-refractivity contribution in [3.63, 3.8) is 0 Å².